The molecule has 18 heavy (non-hydrogen) atoms. The molecule has 0 aliphatic heterocycles. The maximum atomic E-state index is 6.61. The fourth-order valence-electron chi connectivity index (χ4n) is 3.04. The molecule has 3 rings (SSSR count). The quantitative estimate of drug-likeness (QED) is 0.730. The molecule has 1 aromatic heterocycles. The molecule has 1 heterocycles. The Morgan fingerprint density at radius 3 is 2.94 bits per heavy atom. The van der Waals surface area contributed by atoms with Crippen molar-refractivity contribution < 1.29 is 0 Å². The van der Waals surface area contributed by atoms with Crippen molar-refractivity contribution >= 4 is 33.2 Å². The van der Waals surface area contributed by atoms with Crippen molar-refractivity contribution in [2.24, 2.45) is 11.8 Å². The van der Waals surface area contributed by atoms with E-state index in [0.29, 0.717) is 5.92 Å². The summed E-state index contributed by atoms with van der Waals surface area (Å²) < 4.78 is 1.27. The summed E-state index contributed by atoms with van der Waals surface area (Å²) in [5, 5.41) is 1.44. The van der Waals surface area contributed by atoms with Gasteiger partial charge in [0.25, 0.3) is 0 Å². The van der Waals surface area contributed by atoms with E-state index in [2.05, 4.69) is 30.1 Å². The van der Waals surface area contributed by atoms with Crippen LogP contribution in [0.3, 0.4) is 0 Å². The molecule has 3 atom stereocenters. The lowest BCUT2D eigenvalue weighted by Crippen LogP contribution is -2.19. The van der Waals surface area contributed by atoms with Gasteiger partial charge in [-0.25, -0.2) is 4.98 Å². The largest absolute Gasteiger partial charge is 0.241 e. The first-order valence-electron chi connectivity index (χ1n) is 6.72. The second-order valence-corrected chi connectivity index (χ2v) is 7.04. The zero-order chi connectivity index (χ0) is 12.5. The molecule has 1 aromatic carbocycles. The molecular formula is C15H18ClNS. The number of thiazole rings is 1. The monoisotopic (exact) mass is 279 g/mol. The van der Waals surface area contributed by atoms with Crippen molar-refractivity contribution in [3.8, 4) is 0 Å². The van der Waals surface area contributed by atoms with Crippen LogP contribution in [0, 0.1) is 11.8 Å². The van der Waals surface area contributed by atoms with Crippen LogP contribution in [-0.4, -0.2) is 10.4 Å². The molecule has 1 aliphatic carbocycles. The molecule has 3 heteroatoms. The van der Waals surface area contributed by atoms with Crippen molar-refractivity contribution in [3.05, 3.63) is 29.3 Å². The highest BCUT2D eigenvalue weighted by molar-refractivity contribution is 7.18. The van der Waals surface area contributed by atoms with Crippen molar-refractivity contribution in [3.63, 3.8) is 0 Å². The molecule has 0 spiro atoms. The third-order valence-corrected chi connectivity index (χ3v) is 5.64. The summed E-state index contributed by atoms with van der Waals surface area (Å²) in [5.41, 5.74) is 1.11. The minimum atomic E-state index is 0.253. The molecule has 0 amide bonds. The lowest BCUT2D eigenvalue weighted by molar-refractivity contribution is 0.398. The number of rotatable bonds is 3. The van der Waals surface area contributed by atoms with Crippen molar-refractivity contribution in [2.45, 2.75) is 38.0 Å². The molecule has 1 aliphatic rings. The number of aromatic nitrogens is 1. The van der Waals surface area contributed by atoms with Gasteiger partial charge >= 0.3 is 0 Å². The molecule has 0 radical (unpaired) electrons. The van der Waals surface area contributed by atoms with Crippen LogP contribution in [-0.2, 0) is 6.42 Å². The average Bonchev–Trinajstić information content (AvgIpc) is 2.94. The number of hydrogen-bond donors (Lipinski definition) is 0. The normalized spacial score (nSPS) is 25.7. The third kappa shape index (κ3) is 2.41. The van der Waals surface area contributed by atoms with Gasteiger partial charge in [-0.1, -0.05) is 31.9 Å². The van der Waals surface area contributed by atoms with Gasteiger partial charge in [0.1, 0.15) is 0 Å². The van der Waals surface area contributed by atoms with E-state index in [1.54, 1.807) is 11.3 Å². The highest BCUT2D eigenvalue weighted by Crippen LogP contribution is 2.37. The average molecular weight is 280 g/mol. The number of alkyl halides is 1. The van der Waals surface area contributed by atoms with Gasteiger partial charge in [-0.05, 0) is 30.4 Å². The maximum Gasteiger partial charge on any atom is 0.0953 e. The van der Waals surface area contributed by atoms with Crippen LogP contribution < -0.4 is 0 Å². The summed E-state index contributed by atoms with van der Waals surface area (Å²) in [7, 11) is 0. The molecule has 96 valence electrons. The van der Waals surface area contributed by atoms with Crippen LogP contribution >= 0.6 is 22.9 Å². The second kappa shape index (κ2) is 5.18. The SMILES string of the molecule is CC1CCCC1C(Cl)Cc1nc2ccccc2s1. The third-order valence-electron chi connectivity index (χ3n) is 4.10. The van der Waals surface area contributed by atoms with E-state index in [0.717, 1.165) is 17.9 Å². The molecule has 3 unspecified atom stereocenters. The fourth-order valence-corrected chi connectivity index (χ4v) is 4.67. The van der Waals surface area contributed by atoms with E-state index < -0.39 is 0 Å². The molecule has 0 bridgehead atoms. The minimum Gasteiger partial charge on any atom is -0.241 e. The topological polar surface area (TPSA) is 12.9 Å². The van der Waals surface area contributed by atoms with Gasteiger partial charge in [0.2, 0.25) is 0 Å². The van der Waals surface area contributed by atoms with Gasteiger partial charge in [0, 0.05) is 11.8 Å². The van der Waals surface area contributed by atoms with Crippen LogP contribution in [0.15, 0.2) is 24.3 Å². The first-order valence-corrected chi connectivity index (χ1v) is 7.98. The lowest BCUT2D eigenvalue weighted by Gasteiger charge is -2.20. The Morgan fingerprint density at radius 1 is 1.39 bits per heavy atom. The number of benzene rings is 1. The van der Waals surface area contributed by atoms with E-state index in [9.17, 15) is 0 Å². The number of hydrogen-bond acceptors (Lipinski definition) is 2. The van der Waals surface area contributed by atoms with E-state index in [-0.39, 0.29) is 5.38 Å². The van der Waals surface area contributed by atoms with Crippen LogP contribution in [0.4, 0.5) is 0 Å². The number of fused-ring (bicyclic) bond motifs is 1. The van der Waals surface area contributed by atoms with Gasteiger partial charge in [-0.15, -0.1) is 22.9 Å². The predicted molar refractivity (Wildman–Crippen MR) is 79.5 cm³/mol. The summed E-state index contributed by atoms with van der Waals surface area (Å²) in [5.74, 6) is 1.46. The summed E-state index contributed by atoms with van der Waals surface area (Å²) >= 11 is 8.40. The van der Waals surface area contributed by atoms with E-state index in [4.69, 9.17) is 11.6 Å². The molecular weight excluding hydrogens is 262 g/mol. The van der Waals surface area contributed by atoms with Crippen molar-refractivity contribution in [1.29, 1.82) is 0 Å². The predicted octanol–water partition coefficient (Wildman–Crippen LogP) is 4.88. The Bertz CT molecular complexity index is 503. The first-order chi connectivity index (χ1) is 8.74. The Morgan fingerprint density at radius 2 is 2.22 bits per heavy atom. The molecule has 0 N–H and O–H groups in total. The number of halogens is 1. The van der Waals surface area contributed by atoms with Crippen LogP contribution in [0.5, 0.6) is 0 Å². The van der Waals surface area contributed by atoms with E-state index in [1.807, 2.05) is 6.07 Å². The van der Waals surface area contributed by atoms with Gasteiger partial charge in [-0.2, -0.15) is 0 Å². The maximum absolute atomic E-state index is 6.61. The van der Waals surface area contributed by atoms with E-state index in [1.165, 1.54) is 29.0 Å². The highest BCUT2D eigenvalue weighted by atomic mass is 35.5. The van der Waals surface area contributed by atoms with Gasteiger partial charge in [0.05, 0.1) is 15.2 Å². The summed E-state index contributed by atoms with van der Waals surface area (Å²) in [6, 6.07) is 8.33. The van der Waals surface area contributed by atoms with Crippen molar-refractivity contribution in [1.82, 2.24) is 4.98 Å². The standard InChI is InChI=1S/C15H18ClNS/c1-10-5-4-6-11(10)12(16)9-15-17-13-7-2-3-8-14(13)18-15/h2-3,7-8,10-12H,4-6,9H2,1H3. The van der Waals surface area contributed by atoms with Crippen LogP contribution in [0.25, 0.3) is 10.2 Å². The highest BCUT2D eigenvalue weighted by Gasteiger charge is 2.30. The zero-order valence-corrected chi connectivity index (χ0v) is 12.2. The minimum absolute atomic E-state index is 0.253. The van der Waals surface area contributed by atoms with Crippen LogP contribution in [0.1, 0.15) is 31.2 Å². The summed E-state index contributed by atoms with van der Waals surface area (Å²) in [4.78, 5) is 4.68. The lowest BCUT2D eigenvalue weighted by atomic mass is 9.93. The second-order valence-electron chi connectivity index (χ2n) is 5.37. The summed E-state index contributed by atoms with van der Waals surface area (Å²) in [6.07, 6.45) is 4.90. The van der Waals surface area contributed by atoms with Gasteiger partial charge in [0.15, 0.2) is 0 Å². The Hall–Kier alpha value is -0.600. The zero-order valence-electron chi connectivity index (χ0n) is 10.6. The summed E-state index contributed by atoms with van der Waals surface area (Å²) in [6.45, 7) is 2.34. The number of para-hydroxylation sites is 1. The van der Waals surface area contributed by atoms with Gasteiger partial charge in [-0.3, -0.25) is 0 Å². The molecule has 2 aromatic rings. The Balaban J connectivity index is 1.75. The van der Waals surface area contributed by atoms with Crippen molar-refractivity contribution in [2.75, 3.05) is 0 Å². The smallest absolute Gasteiger partial charge is 0.0953 e. The molecule has 1 fully saturated rings. The fraction of sp³-hybridized carbons (Fsp3) is 0.533. The van der Waals surface area contributed by atoms with E-state index >= 15 is 0 Å². The Labute approximate surface area is 117 Å². The molecule has 0 saturated heterocycles. The van der Waals surface area contributed by atoms with Crippen LogP contribution in [0.2, 0.25) is 0 Å². The number of nitrogens with zero attached hydrogens (tertiary/aromatic N) is 1. The Kier molecular flexibility index (Phi) is 3.58. The van der Waals surface area contributed by atoms with Gasteiger partial charge < -0.3 is 0 Å². The molecule has 1 nitrogen and oxygen atoms in total. The molecule has 1 saturated carbocycles. The first kappa shape index (κ1) is 12.4.